The van der Waals surface area contributed by atoms with Gasteiger partial charge in [-0.1, -0.05) is 0 Å². The third kappa shape index (κ3) is 4.97. The first-order valence-corrected chi connectivity index (χ1v) is 11.2. The Morgan fingerprint density at radius 2 is 1.84 bits per heavy atom. The number of rotatable bonds is 9. The van der Waals surface area contributed by atoms with E-state index in [-0.39, 0.29) is 17.9 Å². The summed E-state index contributed by atoms with van der Waals surface area (Å²) in [6, 6.07) is 8.30. The summed E-state index contributed by atoms with van der Waals surface area (Å²) in [4.78, 5) is 16.6. The topological polar surface area (TPSA) is 101 Å². The van der Waals surface area contributed by atoms with E-state index in [2.05, 4.69) is 22.0 Å². The van der Waals surface area contributed by atoms with Crippen molar-refractivity contribution in [2.75, 3.05) is 37.8 Å². The van der Waals surface area contributed by atoms with Crippen LogP contribution in [0.25, 0.3) is 0 Å². The van der Waals surface area contributed by atoms with E-state index >= 15 is 0 Å². The first-order chi connectivity index (χ1) is 15.5. The molecule has 0 spiro atoms. The molecular weight excluding hydrogens is 416 g/mol. The number of fused-ring (bicyclic) bond motifs is 1. The number of anilines is 1. The fourth-order valence-electron chi connectivity index (χ4n) is 4.24. The third-order valence-electron chi connectivity index (χ3n) is 5.86. The number of hydrogen-bond acceptors (Lipinski definition) is 8. The average molecular weight is 447 g/mol. The minimum atomic E-state index is -0.516. The highest BCUT2D eigenvalue weighted by Gasteiger charge is 2.36. The van der Waals surface area contributed by atoms with E-state index in [1.54, 1.807) is 4.57 Å². The monoisotopic (exact) mass is 446 g/mol. The molecule has 0 saturated carbocycles. The van der Waals surface area contributed by atoms with Gasteiger partial charge >= 0.3 is 11.8 Å². The number of piperidine rings is 1. The maximum absolute atomic E-state index is 10.9. The lowest BCUT2D eigenvalue weighted by Gasteiger charge is -2.41. The van der Waals surface area contributed by atoms with Crippen LogP contribution in [0.15, 0.2) is 30.5 Å². The van der Waals surface area contributed by atoms with Gasteiger partial charge in [-0.05, 0) is 43.0 Å². The molecule has 1 aromatic carbocycles. The molecular formula is C22H30N4O6. The summed E-state index contributed by atoms with van der Waals surface area (Å²) >= 11 is 0. The molecule has 3 heterocycles. The van der Waals surface area contributed by atoms with Crippen molar-refractivity contribution in [3.8, 4) is 11.8 Å². The van der Waals surface area contributed by atoms with Crippen LogP contribution < -0.4 is 14.4 Å². The highest BCUT2D eigenvalue weighted by atomic mass is 16.7. The van der Waals surface area contributed by atoms with Crippen molar-refractivity contribution < 1.29 is 23.9 Å². The Labute approximate surface area is 187 Å². The zero-order chi connectivity index (χ0) is 22.6. The average Bonchev–Trinajstić information content (AvgIpc) is 3.23. The molecule has 1 unspecified atom stereocenters. The van der Waals surface area contributed by atoms with E-state index in [0.29, 0.717) is 32.8 Å². The number of ether oxygens (including phenoxy) is 4. The predicted octanol–water partition coefficient (Wildman–Crippen LogP) is 3.39. The van der Waals surface area contributed by atoms with Crippen molar-refractivity contribution in [3.63, 3.8) is 0 Å². The molecule has 1 aromatic heterocycles. The second kappa shape index (κ2) is 9.74. The van der Waals surface area contributed by atoms with E-state index in [4.69, 9.17) is 18.9 Å². The SMILES string of the molecule is CCOC1(OCC)CCN(c2ccc(OCC3CCn4cc([N+](=O)[O-])nc4O3)cc2)CC1. The first-order valence-electron chi connectivity index (χ1n) is 11.2. The highest BCUT2D eigenvalue weighted by Crippen LogP contribution is 2.31. The number of imidazole rings is 1. The van der Waals surface area contributed by atoms with Crippen LogP contribution in [0.5, 0.6) is 11.8 Å². The highest BCUT2D eigenvalue weighted by molar-refractivity contribution is 5.49. The van der Waals surface area contributed by atoms with Gasteiger partial charge in [0.25, 0.3) is 0 Å². The van der Waals surface area contributed by atoms with Crippen LogP contribution in [0, 0.1) is 10.1 Å². The second-order valence-electron chi connectivity index (χ2n) is 7.93. The molecule has 10 heteroatoms. The minimum Gasteiger partial charge on any atom is -0.490 e. The number of benzene rings is 1. The van der Waals surface area contributed by atoms with Crippen LogP contribution in [0.2, 0.25) is 0 Å². The minimum absolute atomic E-state index is 0.198. The van der Waals surface area contributed by atoms with E-state index in [9.17, 15) is 10.1 Å². The molecule has 4 rings (SSSR count). The molecule has 174 valence electrons. The molecule has 10 nitrogen and oxygen atoms in total. The van der Waals surface area contributed by atoms with Crippen molar-refractivity contribution in [1.29, 1.82) is 0 Å². The van der Waals surface area contributed by atoms with Gasteiger partial charge in [-0.15, -0.1) is 0 Å². The molecule has 2 aliphatic rings. The van der Waals surface area contributed by atoms with Gasteiger partial charge in [-0.25, -0.2) is 0 Å². The van der Waals surface area contributed by atoms with Gasteiger partial charge in [0.1, 0.15) is 24.7 Å². The van der Waals surface area contributed by atoms with Crippen LogP contribution in [0.3, 0.4) is 0 Å². The summed E-state index contributed by atoms with van der Waals surface area (Å²) in [5.74, 6) is 0.0972. The van der Waals surface area contributed by atoms with Crippen molar-refractivity contribution in [3.05, 3.63) is 40.6 Å². The third-order valence-corrected chi connectivity index (χ3v) is 5.86. The van der Waals surface area contributed by atoms with Crippen molar-refractivity contribution in [2.24, 2.45) is 0 Å². The van der Waals surface area contributed by atoms with Gasteiger partial charge in [0.15, 0.2) is 5.79 Å². The van der Waals surface area contributed by atoms with Crippen molar-refractivity contribution in [1.82, 2.24) is 9.55 Å². The summed E-state index contributed by atoms with van der Waals surface area (Å²) in [6.07, 6.45) is 3.57. The van der Waals surface area contributed by atoms with Crippen LogP contribution in [-0.4, -0.2) is 59.3 Å². The molecule has 0 N–H and O–H groups in total. The van der Waals surface area contributed by atoms with Gasteiger partial charge in [0.2, 0.25) is 0 Å². The zero-order valence-corrected chi connectivity index (χ0v) is 18.6. The number of nitrogens with zero attached hydrogens (tertiary/aromatic N) is 4. The van der Waals surface area contributed by atoms with Crippen molar-refractivity contribution in [2.45, 2.75) is 51.5 Å². The molecule has 1 fully saturated rings. The van der Waals surface area contributed by atoms with Gasteiger partial charge in [0, 0.05) is 62.8 Å². The summed E-state index contributed by atoms with van der Waals surface area (Å²) in [5, 5.41) is 10.9. The lowest BCUT2D eigenvalue weighted by Crippen LogP contribution is -2.48. The Kier molecular flexibility index (Phi) is 6.80. The number of aromatic nitrogens is 2. The number of nitro groups is 1. The molecule has 1 saturated heterocycles. The van der Waals surface area contributed by atoms with Gasteiger partial charge in [0.05, 0.1) is 0 Å². The molecule has 2 aliphatic heterocycles. The largest absolute Gasteiger partial charge is 0.490 e. The Bertz CT molecular complexity index is 900. The van der Waals surface area contributed by atoms with E-state index < -0.39 is 10.7 Å². The number of hydrogen-bond donors (Lipinski definition) is 0. The van der Waals surface area contributed by atoms with Gasteiger partial charge in [-0.2, -0.15) is 0 Å². The Morgan fingerprint density at radius 3 is 2.47 bits per heavy atom. The quantitative estimate of drug-likeness (QED) is 0.328. The van der Waals surface area contributed by atoms with E-state index in [0.717, 1.165) is 37.4 Å². The maximum Gasteiger partial charge on any atom is 0.414 e. The summed E-state index contributed by atoms with van der Waals surface area (Å²) in [5.41, 5.74) is 1.14. The van der Waals surface area contributed by atoms with Crippen LogP contribution in [0.4, 0.5) is 11.5 Å². The standard InChI is InChI=1S/C22H30N4O6/c1-3-30-22(31-4-2)10-13-24(14-11-22)17-5-7-18(8-6-17)29-16-19-9-12-25-15-20(26(27)28)23-21(25)32-19/h5-8,15,19H,3-4,9-14,16H2,1-2H3. The van der Waals surface area contributed by atoms with Crippen LogP contribution in [0.1, 0.15) is 33.1 Å². The molecule has 0 amide bonds. The second-order valence-corrected chi connectivity index (χ2v) is 7.93. The molecule has 0 aliphatic carbocycles. The fourth-order valence-corrected chi connectivity index (χ4v) is 4.24. The smallest absolute Gasteiger partial charge is 0.414 e. The van der Waals surface area contributed by atoms with Crippen LogP contribution in [-0.2, 0) is 16.0 Å². The summed E-state index contributed by atoms with van der Waals surface area (Å²) < 4.78 is 25.2. The Hall–Kier alpha value is -2.85. The summed E-state index contributed by atoms with van der Waals surface area (Å²) in [7, 11) is 0. The van der Waals surface area contributed by atoms with Gasteiger partial charge < -0.3 is 34.0 Å². The predicted molar refractivity (Wildman–Crippen MR) is 117 cm³/mol. The van der Waals surface area contributed by atoms with Gasteiger partial charge in [-0.3, -0.25) is 4.57 Å². The van der Waals surface area contributed by atoms with Crippen LogP contribution >= 0.6 is 0 Å². The lowest BCUT2D eigenvalue weighted by molar-refractivity contribution is -0.389. The Balaban J connectivity index is 1.28. The zero-order valence-electron chi connectivity index (χ0n) is 18.6. The molecule has 2 aromatic rings. The normalized spacial score (nSPS) is 19.8. The lowest BCUT2D eigenvalue weighted by atomic mass is 10.0. The molecule has 32 heavy (non-hydrogen) atoms. The maximum atomic E-state index is 10.9. The van der Waals surface area contributed by atoms with E-state index in [1.807, 2.05) is 26.0 Å². The molecule has 1 atom stereocenters. The Morgan fingerprint density at radius 1 is 1.16 bits per heavy atom. The molecule has 0 bridgehead atoms. The fraction of sp³-hybridized carbons (Fsp3) is 0.591. The first kappa shape index (κ1) is 22.3. The molecule has 0 radical (unpaired) electrons. The van der Waals surface area contributed by atoms with E-state index in [1.165, 1.54) is 6.20 Å². The number of aryl methyl sites for hydroxylation is 1. The summed E-state index contributed by atoms with van der Waals surface area (Å²) in [6.45, 7) is 8.01. The van der Waals surface area contributed by atoms with Crippen molar-refractivity contribution >= 4 is 11.5 Å².